The van der Waals surface area contributed by atoms with Crippen LogP contribution in [0.25, 0.3) is 0 Å². The fourth-order valence-electron chi connectivity index (χ4n) is 6.11. The van der Waals surface area contributed by atoms with Crippen molar-refractivity contribution in [3.8, 4) is 0 Å². The molecule has 1 saturated carbocycles. The summed E-state index contributed by atoms with van der Waals surface area (Å²) < 4.78 is 65.9. The lowest BCUT2D eigenvalue weighted by atomic mass is 9.76. The van der Waals surface area contributed by atoms with Gasteiger partial charge >= 0.3 is 12.3 Å². The van der Waals surface area contributed by atoms with Crippen molar-refractivity contribution in [1.82, 2.24) is 10.7 Å². The molecule has 1 aliphatic carbocycles. The summed E-state index contributed by atoms with van der Waals surface area (Å²) in [5.41, 5.74) is 4.01. The number of ether oxygens (including phenoxy) is 2. The fraction of sp³-hybridized carbons (Fsp3) is 0.462. The van der Waals surface area contributed by atoms with Gasteiger partial charge in [0.25, 0.3) is 0 Å². The van der Waals surface area contributed by atoms with Crippen molar-refractivity contribution in [3.05, 3.63) is 59.4 Å². The topological polar surface area (TPSA) is 69.6 Å². The molecule has 2 aromatic rings. The number of benzene rings is 2. The standard InChI is InChI=1S/C26H29F4N5O3/c1-33(2)22-9-8-19(34-15-31-32-35(34)26(28,29)30)12-21(22)17-13-25(38-14-17)11-10-20(24(36)37-3)23(25)16-4-6-18(27)7-5-16/h4-9,12,15,17,20,23,32H,10-11,13-14H2,1-3H3/t17?,20-,23+,25+/m0/s1. The van der Waals surface area contributed by atoms with Crippen molar-refractivity contribution in [2.75, 3.05) is 37.7 Å². The zero-order valence-corrected chi connectivity index (χ0v) is 21.2. The number of carbonyl (C=O) groups excluding carboxylic acids is 1. The van der Waals surface area contributed by atoms with Gasteiger partial charge in [-0.2, -0.15) is 18.3 Å². The Balaban J connectivity index is 1.50. The highest BCUT2D eigenvalue weighted by Gasteiger charge is 2.57. The number of anilines is 2. The summed E-state index contributed by atoms with van der Waals surface area (Å²) in [5.74, 6) is -1.66. The lowest BCUT2D eigenvalue weighted by Gasteiger charge is -2.33. The lowest BCUT2D eigenvalue weighted by Crippen LogP contribution is -2.52. The predicted molar refractivity (Wildman–Crippen MR) is 133 cm³/mol. The van der Waals surface area contributed by atoms with Crippen molar-refractivity contribution in [3.63, 3.8) is 0 Å². The van der Waals surface area contributed by atoms with Crippen LogP contribution in [0.1, 0.15) is 42.2 Å². The monoisotopic (exact) mass is 535 g/mol. The number of alkyl halides is 3. The molecular formula is C26H29F4N5O3. The highest BCUT2D eigenvalue weighted by atomic mass is 19.4. The maximum Gasteiger partial charge on any atom is 0.497 e. The first-order chi connectivity index (χ1) is 18.0. The molecule has 1 saturated heterocycles. The molecule has 2 aliphatic heterocycles. The van der Waals surface area contributed by atoms with Gasteiger partial charge in [-0.1, -0.05) is 12.1 Å². The van der Waals surface area contributed by atoms with Crippen LogP contribution in [0.2, 0.25) is 0 Å². The number of carbonyl (C=O) groups is 1. The van der Waals surface area contributed by atoms with E-state index in [2.05, 4.69) is 5.10 Å². The largest absolute Gasteiger partial charge is 0.497 e. The molecule has 0 amide bonds. The number of methoxy groups -OCH3 is 1. The molecule has 1 spiro atoms. The summed E-state index contributed by atoms with van der Waals surface area (Å²) in [6.45, 7) is 0.325. The van der Waals surface area contributed by atoms with E-state index < -0.39 is 17.8 Å². The molecule has 204 valence electrons. The Labute approximate surface area is 217 Å². The van der Waals surface area contributed by atoms with Crippen molar-refractivity contribution in [2.45, 2.75) is 43.0 Å². The van der Waals surface area contributed by atoms with Crippen LogP contribution in [0.3, 0.4) is 0 Å². The number of halogens is 4. The van der Waals surface area contributed by atoms with Crippen LogP contribution in [0.15, 0.2) is 47.6 Å². The summed E-state index contributed by atoms with van der Waals surface area (Å²) >= 11 is 0. The Kier molecular flexibility index (Phi) is 6.72. The minimum atomic E-state index is -4.69. The fourth-order valence-corrected chi connectivity index (χ4v) is 6.11. The van der Waals surface area contributed by atoms with E-state index in [0.717, 1.165) is 28.2 Å². The summed E-state index contributed by atoms with van der Waals surface area (Å²) in [4.78, 5) is 14.6. The van der Waals surface area contributed by atoms with Crippen molar-refractivity contribution >= 4 is 23.7 Å². The molecule has 1 N–H and O–H groups in total. The maximum atomic E-state index is 13.7. The van der Waals surface area contributed by atoms with Gasteiger partial charge in [0, 0.05) is 31.6 Å². The molecule has 0 aromatic heterocycles. The van der Waals surface area contributed by atoms with Crippen LogP contribution in [0.4, 0.5) is 28.9 Å². The van der Waals surface area contributed by atoms with Gasteiger partial charge in [0.05, 0.1) is 30.9 Å². The third kappa shape index (κ3) is 4.55. The zero-order valence-electron chi connectivity index (χ0n) is 21.2. The van der Waals surface area contributed by atoms with E-state index in [9.17, 15) is 22.4 Å². The second-order valence-corrected chi connectivity index (χ2v) is 10.1. The van der Waals surface area contributed by atoms with E-state index in [0.29, 0.717) is 25.9 Å². The molecular weight excluding hydrogens is 506 g/mol. The molecule has 4 atom stereocenters. The van der Waals surface area contributed by atoms with Crippen LogP contribution in [0.5, 0.6) is 0 Å². The Morgan fingerprint density at radius 1 is 1.21 bits per heavy atom. The summed E-state index contributed by atoms with van der Waals surface area (Å²) in [6.07, 6.45) is -1.92. The average molecular weight is 536 g/mol. The second-order valence-electron chi connectivity index (χ2n) is 10.1. The number of hydrazone groups is 1. The zero-order chi connectivity index (χ0) is 27.2. The number of esters is 1. The Hall–Kier alpha value is -3.38. The van der Waals surface area contributed by atoms with Gasteiger partial charge in [-0.3, -0.25) is 4.79 Å². The third-order valence-electron chi connectivity index (χ3n) is 7.72. The number of hydrazine groups is 2. The number of hydrogen-bond acceptors (Lipinski definition) is 8. The second kappa shape index (κ2) is 9.73. The van der Waals surface area contributed by atoms with Gasteiger partial charge in [0.15, 0.2) is 0 Å². The molecule has 3 aliphatic rings. The molecule has 0 bridgehead atoms. The minimum absolute atomic E-state index is 0.00339. The normalized spacial score (nSPS) is 27.2. The van der Waals surface area contributed by atoms with Gasteiger partial charge in [0.1, 0.15) is 12.2 Å². The minimum Gasteiger partial charge on any atom is -0.469 e. The molecule has 2 aromatic carbocycles. The van der Waals surface area contributed by atoms with Gasteiger partial charge in [-0.05, 0) is 65.8 Å². The highest BCUT2D eigenvalue weighted by molar-refractivity contribution is 5.80. The van der Waals surface area contributed by atoms with Crippen LogP contribution in [-0.2, 0) is 14.3 Å². The number of nitrogens with zero attached hydrogens (tertiary/aromatic N) is 4. The van der Waals surface area contributed by atoms with Crippen molar-refractivity contribution < 1.29 is 31.8 Å². The van der Waals surface area contributed by atoms with E-state index in [1.807, 2.05) is 24.5 Å². The van der Waals surface area contributed by atoms with E-state index in [1.54, 1.807) is 30.3 Å². The SMILES string of the molecule is COC(=O)[C@H]1CC[C@@]2(CC(c3cc(N4C=NNN4C(F)(F)F)ccc3N(C)C)CO2)[C@@H]1c1ccc(F)cc1. The van der Waals surface area contributed by atoms with Crippen LogP contribution in [-0.4, -0.2) is 57.1 Å². The first kappa shape index (κ1) is 26.2. The molecule has 0 radical (unpaired) electrons. The third-order valence-corrected chi connectivity index (χ3v) is 7.72. The van der Waals surface area contributed by atoms with E-state index in [4.69, 9.17) is 9.47 Å². The van der Waals surface area contributed by atoms with Crippen LogP contribution in [0, 0.1) is 11.7 Å². The predicted octanol–water partition coefficient (Wildman–Crippen LogP) is 4.51. The van der Waals surface area contributed by atoms with Gasteiger partial charge in [-0.25, -0.2) is 14.9 Å². The highest BCUT2D eigenvalue weighted by Crippen LogP contribution is 2.57. The molecule has 2 heterocycles. The van der Waals surface area contributed by atoms with Crippen molar-refractivity contribution in [2.24, 2.45) is 11.0 Å². The summed E-state index contributed by atoms with van der Waals surface area (Å²) in [7, 11) is 5.09. The maximum absolute atomic E-state index is 13.7. The van der Waals surface area contributed by atoms with E-state index in [-0.39, 0.29) is 34.4 Å². The Morgan fingerprint density at radius 2 is 1.95 bits per heavy atom. The van der Waals surface area contributed by atoms with Gasteiger partial charge in [0.2, 0.25) is 0 Å². The average Bonchev–Trinajstić information content (AvgIpc) is 3.63. The molecule has 2 fully saturated rings. The summed E-state index contributed by atoms with van der Waals surface area (Å²) in [6, 6.07) is 11.2. The number of hydrogen-bond donors (Lipinski definition) is 1. The van der Waals surface area contributed by atoms with Crippen LogP contribution < -0.4 is 15.4 Å². The van der Waals surface area contributed by atoms with Gasteiger partial charge in [-0.15, -0.1) is 0 Å². The molecule has 8 nitrogen and oxygen atoms in total. The molecule has 38 heavy (non-hydrogen) atoms. The number of nitrogens with one attached hydrogen (secondary N) is 1. The molecule has 12 heteroatoms. The Bertz CT molecular complexity index is 1220. The lowest BCUT2D eigenvalue weighted by molar-refractivity contribution is -0.259. The van der Waals surface area contributed by atoms with Gasteiger partial charge < -0.3 is 14.4 Å². The first-order valence-electron chi connectivity index (χ1n) is 12.3. The van der Waals surface area contributed by atoms with Crippen molar-refractivity contribution in [1.29, 1.82) is 0 Å². The first-order valence-corrected chi connectivity index (χ1v) is 12.3. The Morgan fingerprint density at radius 3 is 2.61 bits per heavy atom. The number of rotatable bonds is 5. The smallest absolute Gasteiger partial charge is 0.469 e. The molecule has 1 unspecified atom stereocenters. The summed E-state index contributed by atoms with van der Waals surface area (Å²) in [5, 5.41) is 4.46. The van der Waals surface area contributed by atoms with E-state index >= 15 is 0 Å². The van der Waals surface area contributed by atoms with Crippen LogP contribution >= 0.6 is 0 Å². The van der Waals surface area contributed by atoms with E-state index in [1.165, 1.54) is 19.2 Å². The molecule has 5 rings (SSSR count). The quantitative estimate of drug-likeness (QED) is 0.343.